The van der Waals surface area contributed by atoms with Crippen LogP contribution in [0.5, 0.6) is 0 Å². The topological polar surface area (TPSA) is 66.5 Å². The number of rotatable bonds is 5. The van der Waals surface area contributed by atoms with E-state index in [1.165, 1.54) is 12.1 Å². The molecule has 0 spiro atoms. The van der Waals surface area contributed by atoms with Crippen molar-refractivity contribution in [1.82, 2.24) is 4.90 Å². The molecule has 20 heavy (non-hydrogen) atoms. The molecular formula is C13H17ClN2O3S. The highest BCUT2D eigenvalue weighted by Gasteiger charge is 2.26. The maximum atomic E-state index is 12.4. The molecule has 2 rings (SSSR count). The van der Waals surface area contributed by atoms with Crippen LogP contribution in [-0.2, 0) is 10.0 Å². The Balaban J connectivity index is 2.27. The molecule has 1 saturated carbocycles. The minimum atomic E-state index is -3.45. The molecule has 0 aromatic heterocycles. The van der Waals surface area contributed by atoms with Crippen LogP contribution in [0.25, 0.3) is 0 Å². The Morgan fingerprint density at radius 1 is 1.45 bits per heavy atom. The number of nitrogens with zero attached hydrogens (tertiary/aromatic N) is 1. The van der Waals surface area contributed by atoms with E-state index in [2.05, 4.69) is 4.72 Å². The van der Waals surface area contributed by atoms with E-state index in [0.717, 1.165) is 19.1 Å². The van der Waals surface area contributed by atoms with Crippen LogP contribution in [-0.4, -0.2) is 39.1 Å². The van der Waals surface area contributed by atoms with Crippen molar-refractivity contribution in [1.29, 1.82) is 0 Å². The summed E-state index contributed by atoms with van der Waals surface area (Å²) in [5.41, 5.74) is 0.524. The van der Waals surface area contributed by atoms with E-state index in [9.17, 15) is 13.2 Å². The summed E-state index contributed by atoms with van der Waals surface area (Å²) >= 11 is 5.91. The second-order valence-corrected chi connectivity index (χ2v) is 7.38. The number of anilines is 1. The fraction of sp³-hybridized carbons (Fsp3) is 0.462. The first kappa shape index (κ1) is 15.1. The van der Waals surface area contributed by atoms with Crippen LogP contribution in [0, 0.1) is 5.92 Å². The Hall–Kier alpha value is -1.27. The average Bonchev–Trinajstić information content (AvgIpc) is 3.12. The van der Waals surface area contributed by atoms with Crippen molar-refractivity contribution < 1.29 is 13.2 Å². The van der Waals surface area contributed by atoms with Gasteiger partial charge in [-0.25, -0.2) is 8.42 Å². The van der Waals surface area contributed by atoms with Gasteiger partial charge in [0.25, 0.3) is 5.91 Å². The molecule has 1 aromatic carbocycles. The highest BCUT2D eigenvalue weighted by atomic mass is 35.5. The molecule has 1 aliphatic rings. The number of hydrogen-bond donors (Lipinski definition) is 1. The number of carbonyl (C=O) groups is 1. The zero-order valence-corrected chi connectivity index (χ0v) is 13.0. The lowest BCUT2D eigenvalue weighted by Gasteiger charge is -2.19. The highest BCUT2D eigenvalue weighted by molar-refractivity contribution is 7.92. The first-order valence-electron chi connectivity index (χ1n) is 6.29. The number of benzene rings is 1. The van der Waals surface area contributed by atoms with E-state index >= 15 is 0 Å². The lowest BCUT2D eigenvalue weighted by atomic mass is 10.1. The van der Waals surface area contributed by atoms with E-state index < -0.39 is 10.0 Å². The van der Waals surface area contributed by atoms with E-state index in [-0.39, 0.29) is 17.2 Å². The van der Waals surface area contributed by atoms with Gasteiger partial charge in [0.1, 0.15) is 0 Å². The monoisotopic (exact) mass is 316 g/mol. The van der Waals surface area contributed by atoms with Crippen molar-refractivity contribution >= 4 is 33.2 Å². The summed E-state index contributed by atoms with van der Waals surface area (Å²) in [6.07, 6.45) is 3.33. The molecule has 5 nitrogen and oxygen atoms in total. The SMILES string of the molecule is CN(CC1CC1)C(=O)c1cc(Cl)ccc1NS(C)(=O)=O. The van der Waals surface area contributed by atoms with Crippen LogP contribution in [0.2, 0.25) is 5.02 Å². The maximum absolute atomic E-state index is 12.4. The van der Waals surface area contributed by atoms with Gasteiger partial charge >= 0.3 is 0 Å². The van der Waals surface area contributed by atoms with Gasteiger partial charge in [0, 0.05) is 18.6 Å². The van der Waals surface area contributed by atoms with E-state index in [0.29, 0.717) is 17.5 Å². The molecule has 0 bridgehead atoms. The zero-order chi connectivity index (χ0) is 14.9. The fourth-order valence-corrected chi connectivity index (χ4v) is 2.71. The summed E-state index contributed by atoms with van der Waals surface area (Å²) in [4.78, 5) is 14.0. The summed E-state index contributed by atoms with van der Waals surface area (Å²) in [6.45, 7) is 0.684. The number of halogens is 1. The third kappa shape index (κ3) is 4.11. The third-order valence-corrected chi connectivity index (χ3v) is 3.91. The van der Waals surface area contributed by atoms with Crippen molar-refractivity contribution in [3.8, 4) is 0 Å². The molecule has 0 unspecified atom stereocenters. The Kier molecular flexibility index (Phi) is 4.25. The van der Waals surface area contributed by atoms with Crippen molar-refractivity contribution in [2.24, 2.45) is 5.92 Å². The largest absolute Gasteiger partial charge is 0.341 e. The molecule has 0 radical (unpaired) electrons. The van der Waals surface area contributed by atoms with Gasteiger partial charge in [-0.05, 0) is 37.0 Å². The van der Waals surface area contributed by atoms with Gasteiger partial charge in [0.15, 0.2) is 0 Å². The molecule has 1 aromatic rings. The molecule has 7 heteroatoms. The predicted octanol–water partition coefficient (Wildman–Crippen LogP) is 2.19. The van der Waals surface area contributed by atoms with Crippen molar-refractivity contribution in [2.75, 3.05) is 24.6 Å². The summed E-state index contributed by atoms with van der Waals surface area (Å²) in [7, 11) is -1.73. The summed E-state index contributed by atoms with van der Waals surface area (Å²) in [6, 6.07) is 4.54. The van der Waals surface area contributed by atoms with Crippen molar-refractivity contribution in [2.45, 2.75) is 12.8 Å². The van der Waals surface area contributed by atoms with Gasteiger partial charge in [-0.2, -0.15) is 0 Å². The van der Waals surface area contributed by atoms with Gasteiger partial charge in [-0.3, -0.25) is 9.52 Å². The molecule has 0 aliphatic heterocycles. The number of nitrogens with one attached hydrogen (secondary N) is 1. The number of sulfonamides is 1. The number of hydrogen-bond acceptors (Lipinski definition) is 3. The fourth-order valence-electron chi connectivity index (χ4n) is 1.96. The molecule has 1 aliphatic carbocycles. The third-order valence-electron chi connectivity index (χ3n) is 3.08. The average molecular weight is 317 g/mol. The second-order valence-electron chi connectivity index (χ2n) is 5.19. The Bertz CT molecular complexity index is 627. The van der Waals surface area contributed by atoms with Gasteiger partial charge in [-0.15, -0.1) is 0 Å². The first-order valence-corrected chi connectivity index (χ1v) is 8.56. The number of carbonyl (C=O) groups excluding carboxylic acids is 1. The molecule has 0 heterocycles. The molecular weight excluding hydrogens is 300 g/mol. The summed E-state index contributed by atoms with van der Waals surface area (Å²) in [5.74, 6) is 0.333. The molecule has 1 N–H and O–H groups in total. The van der Waals surface area contributed by atoms with Gasteiger partial charge in [-0.1, -0.05) is 11.6 Å². The molecule has 0 atom stereocenters. The standard InChI is InChI=1S/C13H17ClN2O3S/c1-16(8-9-3-4-9)13(17)11-7-10(14)5-6-12(11)15-20(2,18)19/h5-7,9,15H,3-4,8H2,1-2H3. The van der Waals surface area contributed by atoms with Gasteiger partial charge < -0.3 is 4.90 Å². The summed E-state index contributed by atoms with van der Waals surface area (Å²) in [5, 5.41) is 0.396. The van der Waals surface area contributed by atoms with Crippen LogP contribution in [0.4, 0.5) is 5.69 Å². The van der Waals surface area contributed by atoms with Crippen LogP contribution >= 0.6 is 11.6 Å². The first-order chi connectivity index (χ1) is 9.26. The Labute approximate surface area is 124 Å². The van der Waals surface area contributed by atoms with E-state index in [4.69, 9.17) is 11.6 Å². The van der Waals surface area contributed by atoms with E-state index in [1.54, 1.807) is 18.0 Å². The highest BCUT2D eigenvalue weighted by Crippen LogP contribution is 2.30. The quantitative estimate of drug-likeness (QED) is 0.905. The van der Waals surface area contributed by atoms with Gasteiger partial charge in [0.2, 0.25) is 10.0 Å². The van der Waals surface area contributed by atoms with Crippen LogP contribution < -0.4 is 4.72 Å². The Morgan fingerprint density at radius 3 is 2.65 bits per heavy atom. The van der Waals surface area contributed by atoms with E-state index in [1.807, 2.05) is 0 Å². The van der Waals surface area contributed by atoms with Crippen LogP contribution in [0.15, 0.2) is 18.2 Å². The molecule has 110 valence electrons. The lowest BCUT2D eigenvalue weighted by molar-refractivity contribution is 0.0789. The predicted molar refractivity (Wildman–Crippen MR) is 79.6 cm³/mol. The summed E-state index contributed by atoms with van der Waals surface area (Å²) < 4.78 is 25.0. The lowest BCUT2D eigenvalue weighted by Crippen LogP contribution is -2.29. The molecule has 0 saturated heterocycles. The minimum Gasteiger partial charge on any atom is -0.341 e. The normalized spacial score (nSPS) is 14.9. The van der Waals surface area contributed by atoms with Crippen molar-refractivity contribution in [3.05, 3.63) is 28.8 Å². The molecule has 1 fully saturated rings. The zero-order valence-electron chi connectivity index (χ0n) is 11.4. The van der Waals surface area contributed by atoms with Crippen LogP contribution in [0.3, 0.4) is 0 Å². The maximum Gasteiger partial charge on any atom is 0.255 e. The smallest absolute Gasteiger partial charge is 0.255 e. The minimum absolute atomic E-state index is 0.231. The van der Waals surface area contributed by atoms with Gasteiger partial charge in [0.05, 0.1) is 17.5 Å². The second kappa shape index (κ2) is 5.61. The Morgan fingerprint density at radius 2 is 2.10 bits per heavy atom. The van der Waals surface area contributed by atoms with Crippen molar-refractivity contribution in [3.63, 3.8) is 0 Å². The van der Waals surface area contributed by atoms with Crippen LogP contribution in [0.1, 0.15) is 23.2 Å². The number of amides is 1. The molecule has 1 amide bonds.